The molecule has 2 N–H and O–H groups in total. The van der Waals surface area contributed by atoms with Gasteiger partial charge in [0.05, 0.1) is 11.5 Å². The summed E-state index contributed by atoms with van der Waals surface area (Å²) in [7, 11) is 0. The van der Waals surface area contributed by atoms with E-state index in [0.717, 1.165) is 43.3 Å². The van der Waals surface area contributed by atoms with E-state index in [2.05, 4.69) is 4.99 Å². The van der Waals surface area contributed by atoms with E-state index < -0.39 is 0 Å². The minimum atomic E-state index is -0.345. The number of carbonyl (C=O) groups is 2. The molecule has 1 aromatic rings. The van der Waals surface area contributed by atoms with Gasteiger partial charge in [-0.3, -0.25) is 9.59 Å². The zero-order valence-corrected chi connectivity index (χ0v) is 16.1. The van der Waals surface area contributed by atoms with Crippen LogP contribution in [0, 0.1) is 0 Å². The number of carbonyl (C=O) groups excluding carboxylic acids is 2. The summed E-state index contributed by atoms with van der Waals surface area (Å²) >= 11 is 1.14. The van der Waals surface area contributed by atoms with Crippen LogP contribution < -0.4 is 15.2 Å². The second kappa shape index (κ2) is 8.94. The van der Waals surface area contributed by atoms with Crippen LogP contribution in [0.3, 0.4) is 0 Å². The fourth-order valence-corrected chi connectivity index (χ4v) is 3.63. The molecule has 1 fully saturated rings. The normalized spacial score (nSPS) is 18.6. The third-order valence-electron chi connectivity index (χ3n) is 4.26. The number of thioether (sulfide) groups is 1. The number of aliphatic imine (C=N–C) groups is 1. The molecule has 2 aliphatic rings. The zero-order chi connectivity index (χ0) is 19.2. The van der Waals surface area contributed by atoms with Crippen LogP contribution >= 0.6 is 11.8 Å². The van der Waals surface area contributed by atoms with Crippen molar-refractivity contribution in [3.63, 3.8) is 0 Å². The quantitative estimate of drug-likeness (QED) is 0.751. The molecule has 0 saturated carbocycles. The van der Waals surface area contributed by atoms with Crippen LogP contribution in [-0.4, -0.2) is 48.2 Å². The summed E-state index contributed by atoms with van der Waals surface area (Å²) in [5.74, 6) is 0.681. The fourth-order valence-electron chi connectivity index (χ4n) is 2.95. The maximum Gasteiger partial charge on any atom is 0.286 e. The zero-order valence-electron chi connectivity index (χ0n) is 15.3. The van der Waals surface area contributed by atoms with Gasteiger partial charge in [-0.1, -0.05) is 6.07 Å². The van der Waals surface area contributed by atoms with Crippen molar-refractivity contribution in [3.8, 4) is 11.5 Å². The number of piperidine rings is 1. The van der Waals surface area contributed by atoms with Crippen molar-refractivity contribution in [1.29, 1.82) is 0 Å². The highest BCUT2D eigenvalue weighted by molar-refractivity contribution is 8.18. The summed E-state index contributed by atoms with van der Waals surface area (Å²) in [6.07, 6.45) is 4.98. The molecule has 0 unspecified atom stereocenters. The van der Waals surface area contributed by atoms with Gasteiger partial charge in [-0.05, 0) is 61.7 Å². The number of hydrogen-bond donors (Lipinski definition) is 1. The fraction of sp³-hybridized carbons (Fsp3) is 0.421. The molecule has 2 heterocycles. The molecule has 1 saturated heterocycles. The van der Waals surface area contributed by atoms with Crippen molar-refractivity contribution >= 4 is 34.8 Å². The highest BCUT2D eigenvalue weighted by atomic mass is 32.2. The summed E-state index contributed by atoms with van der Waals surface area (Å²) in [5, 5.41) is 0.243. The highest BCUT2D eigenvalue weighted by Crippen LogP contribution is 2.32. The number of hydrogen-bond acceptors (Lipinski definition) is 6. The topological polar surface area (TPSA) is 94.2 Å². The smallest absolute Gasteiger partial charge is 0.286 e. The number of amidine groups is 1. The van der Waals surface area contributed by atoms with E-state index in [9.17, 15) is 9.59 Å². The maximum atomic E-state index is 12.3. The van der Waals surface area contributed by atoms with Gasteiger partial charge in [-0.25, -0.2) is 0 Å². The molecule has 0 atom stereocenters. The number of amides is 2. The molecule has 3 rings (SSSR count). The van der Waals surface area contributed by atoms with E-state index in [1.54, 1.807) is 24.3 Å². The first-order chi connectivity index (χ1) is 13.1. The molecule has 2 aliphatic heterocycles. The van der Waals surface area contributed by atoms with Gasteiger partial charge in [0, 0.05) is 13.1 Å². The molecule has 0 bridgehead atoms. The van der Waals surface area contributed by atoms with Crippen molar-refractivity contribution in [2.24, 2.45) is 10.7 Å². The van der Waals surface area contributed by atoms with Crippen molar-refractivity contribution in [3.05, 3.63) is 28.7 Å². The summed E-state index contributed by atoms with van der Waals surface area (Å²) in [6.45, 7) is 3.91. The lowest BCUT2D eigenvalue weighted by molar-refractivity contribution is -0.134. The van der Waals surface area contributed by atoms with Crippen molar-refractivity contribution in [2.45, 2.75) is 26.2 Å². The van der Waals surface area contributed by atoms with E-state index in [1.165, 1.54) is 6.42 Å². The summed E-state index contributed by atoms with van der Waals surface area (Å²) < 4.78 is 11.4. The first-order valence-electron chi connectivity index (χ1n) is 9.02. The first-order valence-corrected chi connectivity index (χ1v) is 9.84. The average molecular weight is 389 g/mol. The molecule has 27 heavy (non-hydrogen) atoms. The standard InChI is InChI=1S/C19H23N3O4S/c1-2-25-15-10-13(11-16-18(24)21-19(20)27-16)6-7-14(15)26-12-17(23)22-8-4-3-5-9-22/h6-7,10-11H,2-5,8-9,12H2,1H3,(H2,20,21,24)/b16-11-. The summed E-state index contributed by atoms with van der Waals surface area (Å²) in [4.78, 5) is 30.0. The number of nitrogens with two attached hydrogens (primary N) is 1. The Balaban J connectivity index is 1.69. The Bertz CT molecular complexity index is 785. The SMILES string of the molecule is CCOc1cc(/C=C2\SC(N)=NC2=O)ccc1OCC(=O)N1CCCCC1. The van der Waals surface area contributed by atoms with E-state index in [-0.39, 0.29) is 23.6 Å². The Hall–Kier alpha value is -2.48. The molecule has 0 spiro atoms. The van der Waals surface area contributed by atoms with Crippen molar-refractivity contribution in [1.82, 2.24) is 4.90 Å². The second-order valence-electron chi connectivity index (χ2n) is 6.24. The van der Waals surface area contributed by atoms with Gasteiger partial charge in [0.1, 0.15) is 0 Å². The molecule has 2 amide bonds. The van der Waals surface area contributed by atoms with Crippen LogP contribution in [-0.2, 0) is 9.59 Å². The Kier molecular flexibility index (Phi) is 6.39. The number of ether oxygens (including phenoxy) is 2. The van der Waals surface area contributed by atoms with Crippen LogP contribution in [0.4, 0.5) is 0 Å². The third-order valence-corrected chi connectivity index (χ3v) is 5.08. The van der Waals surface area contributed by atoms with E-state index in [4.69, 9.17) is 15.2 Å². The Labute approximate surface area is 162 Å². The van der Waals surface area contributed by atoms with Crippen molar-refractivity contribution < 1.29 is 19.1 Å². The monoisotopic (exact) mass is 389 g/mol. The van der Waals surface area contributed by atoms with Crippen LogP contribution in [0.2, 0.25) is 0 Å². The second-order valence-corrected chi connectivity index (χ2v) is 7.30. The highest BCUT2D eigenvalue weighted by Gasteiger charge is 2.20. The molecule has 0 aliphatic carbocycles. The molecule has 0 radical (unpaired) electrons. The average Bonchev–Trinajstić information content (AvgIpc) is 2.98. The van der Waals surface area contributed by atoms with Crippen molar-refractivity contribution in [2.75, 3.05) is 26.3 Å². The lowest BCUT2D eigenvalue weighted by Crippen LogP contribution is -2.38. The van der Waals surface area contributed by atoms with Crippen LogP contribution in [0.25, 0.3) is 6.08 Å². The molecule has 7 nitrogen and oxygen atoms in total. The summed E-state index contributed by atoms with van der Waals surface area (Å²) in [5.41, 5.74) is 6.34. The van der Waals surface area contributed by atoms with Crippen LogP contribution in [0.15, 0.2) is 28.1 Å². The molecule has 1 aromatic carbocycles. The van der Waals surface area contributed by atoms with Gasteiger partial charge in [-0.15, -0.1) is 0 Å². The predicted molar refractivity (Wildman–Crippen MR) is 106 cm³/mol. The predicted octanol–water partition coefficient (Wildman–Crippen LogP) is 2.41. The molecule has 8 heteroatoms. The van der Waals surface area contributed by atoms with Gasteiger partial charge in [0.15, 0.2) is 23.3 Å². The van der Waals surface area contributed by atoms with Gasteiger partial charge in [0.2, 0.25) is 0 Å². The maximum absolute atomic E-state index is 12.3. The lowest BCUT2D eigenvalue weighted by Gasteiger charge is -2.26. The third kappa shape index (κ3) is 5.03. The largest absolute Gasteiger partial charge is 0.490 e. The van der Waals surface area contributed by atoms with E-state index in [1.807, 2.05) is 11.8 Å². The summed E-state index contributed by atoms with van der Waals surface area (Å²) in [6, 6.07) is 5.33. The number of rotatable bonds is 6. The van der Waals surface area contributed by atoms with Gasteiger partial charge >= 0.3 is 0 Å². The number of benzene rings is 1. The van der Waals surface area contributed by atoms with E-state index >= 15 is 0 Å². The van der Waals surface area contributed by atoms with Crippen LogP contribution in [0.1, 0.15) is 31.7 Å². The minimum Gasteiger partial charge on any atom is -0.490 e. The number of likely N-dealkylation sites (tertiary alicyclic amines) is 1. The molecule has 0 aromatic heterocycles. The Morgan fingerprint density at radius 3 is 2.70 bits per heavy atom. The number of nitrogens with zero attached hydrogens (tertiary/aromatic N) is 2. The Morgan fingerprint density at radius 2 is 2.04 bits per heavy atom. The first kappa shape index (κ1) is 19.3. The molecular weight excluding hydrogens is 366 g/mol. The Morgan fingerprint density at radius 1 is 1.26 bits per heavy atom. The van der Waals surface area contributed by atoms with Gasteiger partial charge in [-0.2, -0.15) is 4.99 Å². The minimum absolute atomic E-state index is 0.0103. The van der Waals surface area contributed by atoms with Gasteiger partial charge in [0.25, 0.3) is 11.8 Å². The van der Waals surface area contributed by atoms with E-state index in [0.29, 0.717) is 23.0 Å². The lowest BCUT2D eigenvalue weighted by atomic mass is 10.1. The molecule has 144 valence electrons. The molecular formula is C19H23N3O4S. The van der Waals surface area contributed by atoms with Gasteiger partial charge < -0.3 is 20.1 Å². The van der Waals surface area contributed by atoms with Crippen LogP contribution in [0.5, 0.6) is 11.5 Å².